The number of benzene rings is 1. The fourth-order valence-corrected chi connectivity index (χ4v) is 3.59. The maximum Gasteiger partial charge on any atom is 0.319 e. The lowest BCUT2D eigenvalue weighted by Crippen LogP contribution is -2.50. The number of ether oxygens (including phenoxy) is 1. The summed E-state index contributed by atoms with van der Waals surface area (Å²) < 4.78 is 32.2. The Morgan fingerprint density at radius 1 is 1.27 bits per heavy atom. The monoisotopic (exact) mass is 371 g/mol. The molecule has 2 saturated heterocycles. The van der Waals surface area contributed by atoms with Crippen molar-refractivity contribution in [3.8, 4) is 0 Å². The van der Waals surface area contributed by atoms with E-state index in [0.717, 1.165) is 38.1 Å². The van der Waals surface area contributed by atoms with Crippen LogP contribution in [-0.4, -0.2) is 71.7 Å². The van der Waals surface area contributed by atoms with Gasteiger partial charge in [0.05, 0.1) is 24.4 Å². The van der Waals surface area contributed by atoms with Crippen LogP contribution in [0.1, 0.15) is 12.8 Å². The first-order chi connectivity index (χ1) is 12.5. The van der Waals surface area contributed by atoms with E-state index in [9.17, 15) is 23.8 Å². The molecule has 0 saturated carbocycles. The quantitative estimate of drug-likeness (QED) is 0.611. The Kier molecular flexibility index (Phi) is 6.02. The van der Waals surface area contributed by atoms with E-state index in [1.54, 1.807) is 0 Å². The number of halogens is 2. The maximum absolute atomic E-state index is 13.6. The Bertz CT molecular complexity index is 642. The minimum absolute atomic E-state index is 0.0867. The van der Waals surface area contributed by atoms with Gasteiger partial charge in [-0.15, -0.1) is 0 Å². The Morgan fingerprint density at radius 3 is 2.65 bits per heavy atom. The number of hydrogen-bond donors (Lipinski definition) is 4. The van der Waals surface area contributed by atoms with Crippen LogP contribution in [0.5, 0.6) is 0 Å². The maximum atomic E-state index is 13.6. The van der Waals surface area contributed by atoms with Gasteiger partial charge in [-0.05, 0) is 38.1 Å². The lowest BCUT2D eigenvalue weighted by atomic mass is 10.0. The molecule has 0 aromatic heterocycles. The van der Waals surface area contributed by atoms with E-state index in [1.165, 1.54) is 0 Å². The van der Waals surface area contributed by atoms with Crippen molar-refractivity contribution in [2.24, 2.45) is 0 Å². The summed E-state index contributed by atoms with van der Waals surface area (Å²) in [4.78, 5) is 14.1. The van der Waals surface area contributed by atoms with E-state index in [0.29, 0.717) is 6.07 Å². The molecule has 0 unspecified atom stereocenters. The Labute approximate surface area is 149 Å². The van der Waals surface area contributed by atoms with Crippen LogP contribution < -0.4 is 10.6 Å². The third-order valence-electron chi connectivity index (χ3n) is 4.85. The molecule has 2 heterocycles. The number of aliphatic hydroxyl groups is 2. The molecule has 2 aliphatic heterocycles. The molecule has 26 heavy (non-hydrogen) atoms. The SMILES string of the molecule is O=C(NC[C@H]1O[C@@H](CO)[C@@H](O)[C@H]1N1CCCC1)Nc1ccc(F)cc1F. The number of nitrogens with zero attached hydrogens (tertiary/aromatic N) is 1. The molecule has 2 fully saturated rings. The van der Waals surface area contributed by atoms with Gasteiger partial charge in [-0.25, -0.2) is 13.6 Å². The topological polar surface area (TPSA) is 94.1 Å². The van der Waals surface area contributed by atoms with E-state index in [4.69, 9.17) is 4.74 Å². The normalized spacial score (nSPS) is 29.1. The number of carbonyl (C=O) groups is 1. The molecule has 2 amide bonds. The third kappa shape index (κ3) is 4.12. The zero-order valence-corrected chi connectivity index (χ0v) is 14.2. The minimum Gasteiger partial charge on any atom is -0.394 e. The molecule has 3 rings (SSSR count). The van der Waals surface area contributed by atoms with Crippen molar-refractivity contribution in [2.45, 2.75) is 37.2 Å². The van der Waals surface area contributed by atoms with Crippen LogP contribution in [0.25, 0.3) is 0 Å². The Morgan fingerprint density at radius 2 is 2.00 bits per heavy atom. The number of rotatable bonds is 5. The van der Waals surface area contributed by atoms with Crippen LogP contribution in [0.4, 0.5) is 19.3 Å². The molecule has 1 aromatic rings. The molecule has 4 N–H and O–H groups in total. The smallest absolute Gasteiger partial charge is 0.319 e. The van der Waals surface area contributed by atoms with Crippen molar-refractivity contribution < 1.29 is 28.5 Å². The largest absolute Gasteiger partial charge is 0.394 e. The standard InChI is InChI=1S/C17H23F2N3O4/c18-10-3-4-12(11(19)7-10)21-17(25)20-8-13-15(22-5-1-2-6-22)16(24)14(9-23)26-13/h3-4,7,13-16,23-24H,1-2,5-6,8-9H2,(H2,20,21,25)/t13-,14+,15+,16-/m1/s1. The lowest BCUT2D eigenvalue weighted by Gasteiger charge is -2.30. The molecule has 0 radical (unpaired) electrons. The molecule has 144 valence electrons. The van der Waals surface area contributed by atoms with Gasteiger partial charge in [0.15, 0.2) is 0 Å². The van der Waals surface area contributed by atoms with Gasteiger partial charge in [-0.2, -0.15) is 0 Å². The van der Waals surface area contributed by atoms with Gasteiger partial charge >= 0.3 is 6.03 Å². The summed E-state index contributed by atoms with van der Waals surface area (Å²) in [6, 6.07) is 1.87. The number of amides is 2. The van der Waals surface area contributed by atoms with E-state index in [-0.39, 0.29) is 24.9 Å². The van der Waals surface area contributed by atoms with E-state index in [1.807, 2.05) is 0 Å². The number of aliphatic hydroxyl groups excluding tert-OH is 2. The molecule has 1 aromatic carbocycles. The summed E-state index contributed by atoms with van der Waals surface area (Å²) in [5, 5.41) is 24.7. The van der Waals surface area contributed by atoms with Gasteiger partial charge in [0, 0.05) is 12.6 Å². The van der Waals surface area contributed by atoms with Crippen LogP contribution in [-0.2, 0) is 4.74 Å². The zero-order valence-electron chi connectivity index (χ0n) is 14.2. The first-order valence-corrected chi connectivity index (χ1v) is 8.68. The van der Waals surface area contributed by atoms with Gasteiger partial charge in [-0.1, -0.05) is 0 Å². The summed E-state index contributed by atoms with van der Waals surface area (Å²) in [5.41, 5.74) is -0.138. The molecular weight excluding hydrogens is 348 g/mol. The van der Waals surface area contributed by atoms with Crippen LogP contribution in [0, 0.1) is 11.6 Å². The highest BCUT2D eigenvalue weighted by atomic mass is 19.1. The summed E-state index contributed by atoms with van der Waals surface area (Å²) in [6.07, 6.45) is 0.00574. The summed E-state index contributed by atoms with van der Waals surface area (Å²) >= 11 is 0. The minimum atomic E-state index is -0.872. The molecule has 0 bridgehead atoms. The van der Waals surface area contributed by atoms with Crippen LogP contribution >= 0.6 is 0 Å². The van der Waals surface area contributed by atoms with Crippen molar-refractivity contribution in [3.05, 3.63) is 29.8 Å². The first-order valence-electron chi connectivity index (χ1n) is 8.68. The fraction of sp³-hybridized carbons (Fsp3) is 0.588. The highest BCUT2D eigenvalue weighted by molar-refractivity contribution is 5.89. The summed E-state index contributed by atoms with van der Waals surface area (Å²) in [6.45, 7) is 1.43. The summed E-state index contributed by atoms with van der Waals surface area (Å²) in [5.74, 6) is -1.60. The van der Waals surface area contributed by atoms with E-state index >= 15 is 0 Å². The van der Waals surface area contributed by atoms with E-state index in [2.05, 4.69) is 15.5 Å². The van der Waals surface area contributed by atoms with Crippen LogP contribution in [0.2, 0.25) is 0 Å². The second-order valence-corrected chi connectivity index (χ2v) is 6.58. The second-order valence-electron chi connectivity index (χ2n) is 6.58. The zero-order chi connectivity index (χ0) is 18.7. The highest BCUT2D eigenvalue weighted by Crippen LogP contribution is 2.28. The molecule has 9 heteroatoms. The number of nitrogens with one attached hydrogen (secondary N) is 2. The Hall–Kier alpha value is -1.81. The highest BCUT2D eigenvalue weighted by Gasteiger charge is 2.46. The Balaban J connectivity index is 1.58. The van der Waals surface area contributed by atoms with Gasteiger partial charge in [0.2, 0.25) is 0 Å². The number of anilines is 1. The molecular formula is C17H23F2N3O4. The first kappa shape index (κ1) is 19.0. The van der Waals surface area contributed by atoms with Crippen molar-refractivity contribution in [3.63, 3.8) is 0 Å². The van der Waals surface area contributed by atoms with E-state index < -0.39 is 36.0 Å². The molecule has 0 aliphatic carbocycles. The van der Waals surface area contributed by atoms with Crippen molar-refractivity contribution >= 4 is 11.7 Å². The molecule has 7 nitrogen and oxygen atoms in total. The predicted octanol–water partition coefficient (Wildman–Crippen LogP) is 0.671. The number of likely N-dealkylation sites (tertiary alicyclic amines) is 1. The third-order valence-corrected chi connectivity index (χ3v) is 4.85. The predicted molar refractivity (Wildman–Crippen MR) is 89.7 cm³/mol. The van der Waals surface area contributed by atoms with Crippen molar-refractivity contribution in [1.29, 1.82) is 0 Å². The molecule has 2 aliphatic rings. The van der Waals surface area contributed by atoms with Gasteiger partial charge < -0.3 is 25.6 Å². The molecule has 4 atom stereocenters. The number of hydrogen-bond acceptors (Lipinski definition) is 5. The number of carbonyl (C=O) groups excluding carboxylic acids is 1. The van der Waals surface area contributed by atoms with Crippen LogP contribution in [0.3, 0.4) is 0 Å². The van der Waals surface area contributed by atoms with Crippen LogP contribution in [0.15, 0.2) is 18.2 Å². The van der Waals surface area contributed by atoms with Gasteiger partial charge in [0.1, 0.15) is 23.8 Å². The average Bonchev–Trinajstić information content (AvgIpc) is 3.23. The molecule has 0 spiro atoms. The summed E-state index contributed by atoms with van der Waals surface area (Å²) in [7, 11) is 0. The fourth-order valence-electron chi connectivity index (χ4n) is 3.59. The lowest BCUT2D eigenvalue weighted by molar-refractivity contribution is -0.0205. The van der Waals surface area contributed by atoms with Crippen molar-refractivity contribution in [2.75, 3.05) is 31.6 Å². The average molecular weight is 371 g/mol. The number of urea groups is 1. The second kappa shape index (κ2) is 8.26. The van der Waals surface area contributed by atoms with Crippen molar-refractivity contribution in [1.82, 2.24) is 10.2 Å². The van der Waals surface area contributed by atoms with Gasteiger partial charge in [-0.3, -0.25) is 4.90 Å². The van der Waals surface area contributed by atoms with Gasteiger partial charge in [0.25, 0.3) is 0 Å².